The van der Waals surface area contributed by atoms with Gasteiger partial charge in [0, 0.05) is 16.9 Å². The Morgan fingerprint density at radius 1 is 1.22 bits per heavy atom. The van der Waals surface area contributed by atoms with Crippen molar-refractivity contribution in [1.82, 2.24) is 0 Å². The Bertz CT molecular complexity index is 332. The molecule has 3 fully saturated rings. The molecule has 0 aromatic carbocycles. The standard InChI is InChI=1S/C6H12O.C5H10O.C4H6O2.C3H6O/c1-3-6(2)4-7-5-6;1-5(2)3-6-4-5;1-3-4(5)6-2;1-3-2-4-3/h3-5H2,1-2H3;3-4H2,1-2H3;3H,1H2,2H3;3H,2H2,1H3. The first-order chi connectivity index (χ1) is 10.7. The van der Waals surface area contributed by atoms with Crippen molar-refractivity contribution in [1.29, 1.82) is 0 Å². The van der Waals surface area contributed by atoms with Crippen LogP contribution in [0.25, 0.3) is 0 Å². The molecular formula is C18H34O5. The van der Waals surface area contributed by atoms with E-state index in [0.717, 1.165) is 39.1 Å². The van der Waals surface area contributed by atoms with Crippen molar-refractivity contribution in [2.24, 2.45) is 10.8 Å². The quantitative estimate of drug-likeness (QED) is 0.442. The van der Waals surface area contributed by atoms with Gasteiger partial charge in [-0.2, -0.15) is 0 Å². The third-order valence-electron chi connectivity index (χ3n) is 3.61. The van der Waals surface area contributed by atoms with E-state index in [0.29, 0.717) is 16.9 Å². The molecule has 136 valence electrons. The summed E-state index contributed by atoms with van der Waals surface area (Å²) >= 11 is 0. The van der Waals surface area contributed by atoms with Crippen molar-refractivity contribution in [3.05, 3.63) is 12.7 Å². The van der Waals surface area contributed by atoms with Crippen molar-refractivity contribution in [2.75, 3.05) is 40.1 Å². The normalized spacial score (nSPS) is 24.3. The van der Waals surface area contributed by atoms with Gasteiger partial charge in [-0.25, -0.2) is 4.79 Å². The van der Waals surface area contributed by atoms with Gasteiger partial charge >= 0.3 is 5.97 Å². The van der Waals surface area contributed by atoms with Crippen LogP contribution in [0, 0.1) is 10.8 Å². The number of ether oxygens (including phenoxy) is 4. The van der Waals surface area contributed by atoms with Gasteiger partial charge in [0.1, 0.15) is 0 Å². The number of hydrogen-bond donors (Lipinski definition) is 0. The van der Waals surface area contributed by atoms with E-state index in [1.54, 1.807) is 0 Å². The number of epoxide rings is 1. The van der Waals surface area contributed by atoms with Crippen LogP contribution in [0.2, 0.25) is 0 Å². The van der Waals surface area contributed by atoms with E-state index >= 15 is 0 Å². The van der Waals surface area contributed by atoms with E-state index in [2.05, 4.69) is 45.9 Å². The molecule has 1 unspecified atom stereocenters. The zero-order chi connectivity index (χ0) is 17.9. The fourth-order valence-corrected chi connectivity index (χ4v) is 1.34. The molecule has 1 atom stereocenters. The first-order valence-corrected chi connectivity index (χ1v) is 8.15. The Labute approximate surface area is 141 Å². The lowest BCUT2D eigenvalue weighted by Crippen LogP contribution is -2.38. The second-order valence-electron chi connectivity index (χ2n) is 7.19. The number of hydrogen-bond acceptors (Lipinski definition) is 5. The van der Waals surface area contributed by atoms with Gasteiger partial charge in [0.15, 0.2) is 0 Å². The minimum absolute atomic E-state index is 0.394. The third kappa shape index (κ3) is 12.2. The second-order valence-corrected chi connectivity index (χ2v) is 7.19. The summed E-state index contributed by atoms with van der Waals surface area (Å²) in [5, 5.41) is 0. The lowest BCUT2D eigenvalue weighted by atomic mass is 9.86. The summed E-state index contributed by atoms with van der Waals surface area (Å²) in [5.74, 6) is -0.394. The number of esters is 1. The molecule has 3 aliphatic heterocycles. The van der Waals surface area contributed by atoms with Crippen molar-refractivity contribution < 1.29 is 23.7 Å². The third-order valence-corrected chi connectivity index (χ3v) is 3.61. The zero-order valence-electron chi connectivity index (χ0n) is 15.6. The van der Waals surface area contributed by atoms with Gasteiger partial charge in [0.2, 0.25) is 0 Å². The van der Waals surface area contributed by atoms with E-state index in [1.807, 2.05) is 0 Å². The maximum Gasteiger partial charge on any atom is 0.329 e. The van der Waals surface area contributed by atoms with Crippen LogP contribution in [0.3, 0.4) is 0 Å². The molecule has 3 rings (SSSR count). The van der Waals surface area contributed by atoms with Gasteiger partial charge in [0.25, 0.3) is 0 Å². The number of carbonyl (C=O) groups is 1. The number of carbonyl (C=O) groups excluding carboxylic acids is 1. The van der Waals surface area contributed by atoms with Crippen LogP contribution in [0.5, 0.6) is 0 Å². The maximum absolute atomic E-state index is 9.84. The summed E-state index contributed by atoms with van der Waals surface area (Å²) in [5.41, 5.74) is 1.04. The van der Waals surface area contributed by atoms with Crippen molar-refractivity contribution >= 4 is 5.97 Å². The monoisotopic (exact) mass is 330 g/mol. The lowest BCUT2D eigenvalue weighted by Gasteiger charge is -2.36. The minimum Gasteiger partial charge on any atom is -0.466 e. The summed E-state index contributed by atoms with van der Waals surface area (Å²) < 4.78 is 18.8. The van der Waals surface area contributed by atoms with Crippen molar-refractivity contribution in [3.63, 3.8) is 0 Å². The molecule has 0 aromatic rings. The van der Waals surface area contributed by atoms with Crippen molar-refractivity contribution in [3.8, 4) is 0 Å². The Morgan fingerprint density at radius 2 is 1.61 bits per heavy atom. The van der Waals surface area contributed by atoms with E-state index in [9.17, 15) is 4.79 Å². The van der Waals surface area contributed by atoms with E-state index < -0.39 is 5.97 Å². The maximum atomic E-state index is 9.84. The Morgan fingerprint density at radius 3 is 1.61 bits per heavy atom. The molecule has 0 aromatic heterocycles. The van der Waals surface area contributed by atoms with E-state index in [4.69, 9.17) is 14.2 Å². The first-order valence-electron chi connectivity index (χ1n) is 8.15. The summed E-state index contributed by atoms with van der Waals surface area (Å²) in [6.07, 6.45) is 2.95. The molecule has 5 heteroatoms. The predicted molar refractivity (Wildman–Crippen MR) is 91.4 cm³/mol. The largest absolute Gasteiger partial charge is 0.466 e. The van der Waals surface area contributed by atoms with Gasteiger partial charge in [-0.15, -0.1) is 0 Å². The van der Waals surface area contributed by atoms with Crippen LogP contribution in [-0.4, -0.2) is 52.2 Å². The summed E-state index contributed by atoms with van der Waals surface area (Å²) in [6.45, 7) is 18.9. The van der Waals surface area contributed by atoms with Gasteiger partial charge in [-0.05, 0) is 13.3 Å². The van der Waals surface area contributed by atoms with Crippen LogP contribution in [-0.2, 0) is 23.7 Å². The average molecular weight is 330 g/mol. The molecule has 23 heavy (non-hydrogen) atoms. The molecule has 0 aliphatic carbocycles. The molecule has 0 bridgehead atoms. The summed E-state index contributed by atoms with van der Waals surface area (Å²) in [7, 11) is 1.31. The lowest BCUT2D eigenvalue weighted by molar-refractivity contribution is -0.134. The van der Waals surface area contributed by atoms with Crippen LogP contribution >= 0.6 is 0 Å². The topological polar surface area (TPSA) is 57.3 Å². The summed E-state index contributed by atoms with van der Waals surface area (Å²) in [4.78, 5) is 9.84. The highest BCUT2D eigenvalue weighted by Crippen LogP contribution is 2.29. The molecule has 3 heterocycles. The first kappa shape index (κ1) is 22.1. The Balaban J connectivity index is 0.000000285. The Hall–Kier alpha value is -0.910. The molecule has 0 amide bonds. The average Bonchev–Trinajstić information content (AvgIpc) is 3.26. The minimum atomic E-state index is -0.394. The molecule has 0 N–H and O–H groups in total. The van der Waals surface area contributed by atoms with Crippen LogP contribution in [0.15, 0.2) is 12.7 Å². The Kier molecular flexibility index (Phi) is 10.4. The van der Waals surface area contributed by atoms with E-state index in [-0.39, 0.29) is 0 Å². The highest BCUT2D eigenvalue weighted by Gasteiger charge is 2.30. The highest BCUT2D eigenvalue weighted by molar-refractivity contribution is 5.80. The second kappa shape index (κ2) is 10.8. The zero-order valence-corrected chi connectivity index (χ0v) is 15.6. The van der Waals surface area contributed by atoms with Crippen LogP contribution in [0.1, 0.15) is 41.0 Å². The van der Waals surface area contributed by atoms with Gasteiger partial charge in [-0.1, -0.05) is 34.3 Å². The number of rotatable bonds is 2. The van der Waals surface area contributed by atoms with Crippen molar-refractivity contribution in [2.45, 2.75) is 47.1 Å². The molecule has 0 radical (unpaired) electrons. The SMILES string of the molecule is C=CC(=O)OC.CC1(C)COC1.CC1CO1.CCC1(C)COC1. The molecule has 0 spiro atoms. The van der Waals surface area contributed by atoms with Crippen LogP contribution in [0.4, 0.5) is 0 Å². The fraction of sp³-hybridized carbons (Fsp3) is 0.833. The molecule has 5 nitrogen and oxygen atoms in total. The van der Waals surface area contributed by atoms with Gasteiger partial charge in [0.05, 0.1) is 46.2 Å². The molecule has 3 saturated heterocycles. The van der Waals surface area contributed by atoms with E-state index in [1.165, 1.54) is 13.5 Å². The summed E-state index contributed by atoms with van der Waals surface area (Å²) in [6, 6.07) is 0. The smallest absolute Gasteiger partial charge is 0.329 e. The van der Waals surface area contributed by atoms with Crippen LogP contribution < -0.4 is 0 Å². The predicted octanol–water partition coefficient (Wildman–Crippen LogP) is 3.23. The number of methoxy groups -OCH3 is 1. The van der Waals surface area contributed by atoms with Gasteiger partial charge < -0.3 is 18.9 Å². The van der Waals surface area contributed by atoms with Gasteiger partial charge in [-0.3, -0.25) is 0 Å². The fourth-order valence-electron chi connectivity index (χ4n) is 1.34. The molecule has 3 aliphatic rings. The molecular weight excluding hydrogens is 296 g/mol. The molecule has 0 saturated carbocycles. The highest BCUT2D eigenvalue weighted by atomic mass is 16.6.